The number of fused-ring (bicyclic) bond motifs is 1. The summed E-state index contributed by atoms with van der Waals surface area (Å²) in [5.41, 5.74) is 0.472. The normalized spacial score (nSPS) is 33.3. The molecule has 0 saturated carbocycles. The second kappa shape index (κ2) is 6.22. The number of nitrogens with zero attached hydrogens (tertiary/aromatic N) is 2. The van der Waals surface area contributed by atoms with Crippen LogP contribution in [0.25, 0.3) is 0 Å². The standard InChI is InChI=1S/C19H24ClFN2O2/c1-22(2)9-15-16-10-23(11-19(16)4-3-17(15)25-19)18(24)7-12-5-13(20)8-14(21)6-12/h5-6,8,15-17H,3-4,7,9-11H2,1-2H3/t15-,16+,17+,19+/m1/s1. The fourth-order valence-corrected chi connectivity index (χ4v) is 5.29. The molecule has 0 radical (unpaired) electrons. The highest BCUT2D eigenvalue weighted by Gasteiger charge is 2.63. The number of carbonyl (C=O) groups is 1. The first-order chi connectivity index (χ1) is 11.9. The Hall–Kier alpha value is -1.17. The summed E-state index contributed by atoms with van der Waals surface area (Å²) >= 11 is 5.90. The minimum Gasteiger partial charge on any atom is -0.369 e. The van der Waals surface area contributed by atoms with E-state index in [2.05, 4.69) is 19.0 Å². The summed E-state index contributed by atoms with van der Waals surface area (Å²) in [5, 5.41) is 0.327. The molecule has 4 atom stereocenters. The lowest BCUT2D eigenvalue weighted by Gasteiger charge is -2.30. The van der Waals surface area contributed by atoms with Crippen LogP contribution in [0.3, 0.4) is 0 Å². The fraction of sp³-hybridized carbons (Fsp3) is 0.632. The summed E-state index contributed by atoms with van der Waals surface area (Å²) in [6, 6.07) is 4.30. The quantitative estimate of drug-likeness (QED) is 0.821. The maximum absolute atomic E-state index is 13.5. The van der Waals surface area contributed by atoms with E-state index in [1.54, 1.807) is 6.07 Å². The van der Waals surface area contributed by atoms with Crippen molar-refractivity contribution in [3.8, 4) is 0 Å². The molecule has 25 heavy (non-hydrogen) atoms. The lowest BCUT2D eigenvalue weighted by molar-refractivity contribution is -0.131. The van der Waals surface area contributed by atoms with Crippen LogP contribution < -0.4 is 0 Å². The first-order valence-electron chi connectivity index (χ1n) is 8.91. The molecule has 3 heterocycles. The number of likely N-dealkylation sites (tertiary alicyclic amines) is 1. The van der Waals surface area contributed by atoms with Crippen LogP contribution in [0.15, 0.2) is 18.2 Å². The van der Waals surface area contributed by atoms with Crippen LogP contribution in [-0.4, -0.2) is 61.1 Å². The zero-order chi connectivity index (χ0) is 17.8. The van der Waals surface area contributed by atoms with Crippen LogP contribution in [0.1, 0.15) is 18.4 Å². The minimum absolute atomic E-state index is 0.0288. The number of hydrogen-bond donors (Lipinski definition) is 0. The maximum atomic E-state index is 13.5. The van der Waals surface area contributed by atoms with Crippen molar-refractivity contribution in [3.05, 3.63) is 34.6 Å². The summed E-state index contributed by atoms with van der Waals surface area (Å²) in [6.07, 6.45) is 2.66. The lowest BCUT2D eigenvalue weighted by atomic mass is 9.73. The summed E-state index contributed by atoms with van der Waals surface area (Å²) in [5.74, 6) is 0.528. The Bertz CT molecular complexity index is 678. The minimum atomic E-state index is -0.403. The molecule has 0 aromatic heterocycles. The summed E-state index contributed by atoms with van der Waals surface area (Å²) in [7, 11) is 4.18. The van der Waals surface area contributed by atoms with Gasteiger partial charge in [0.25, 0.3) is 0 Å². The molecule has 1 amide bonds. The molecule has 4 rings (SSSR count). The zero-order valence-electron chi connectivity index (χ0n) is 14.7. The average Bonchev–Trinajstić information content (AvgIpc) is 3.15. The number of carbonyl (C=O) groups excluding carboxylic acids is 1. The van der Waals surface area contributed by atoms with Crippen LogP contribution in [0.2, 0.25) is 5.02 Å². The smallest absolute Gasteiger partial charge is 0.227 e. The van der Waals surface area contributed by atoms with E-state index >= 15 is 0 Å². The summed E-state index contributed by atoms with van der Waals surface area (Å²) in [6.45, 7) is 2.41. The van der Waals surface area contributed by atoms with Gasteiger partial charge in [0.15, 0.2) is 0 Å². The number of ether oxygens (including phenoxy) is 1. The lowest BCUT2D eigenvalue weighted by Crippen LogP contribution is -2.40. The van der Waals surface area contributed by atoms with Crippen LogP contribution >= 0.6 is 11.6 Å². The van der Waals surface area contributed by atoms with Gasteiger partial charge < -0.3 is 14.5 Å². The summed E-state index contributed by atoms with van der Waals surface area (Å²) in [4.78, 5) is 16.9. The van der Waals surface area contributed by atoms with E-state index in [-0.39, 0.29) is 17.9 Å². The molecule has 6 heteroatoms. The van der Waals surface area contributed by atoms with Crippen LogP contribution in [0.5, 0.6) is 0 Å². The van der Waals surface area contributed by atoms with E-state index in [1.807, 2.05) is 4.90 Å². The Morgan fingerprint density at radius 3 is 2.96 bits per heavy atom. The number of benzene rings is 1. The van der Waals surface area contributed by atoms with Gasteiger partial charge in [-0.05, 0) is 50.7 Å². The third kappa shape index (κ3) is 3.07. The molecular formula is C19H24ClFN2O2. The topological polar surface area (TPSA) is 32.8 Å². The van der Waals surface area contributed by atoms with E-state index in [4.69, 9.17) is 16.3 Å². The second-order valence-electron chi connectivity index (χ2n) is 8.02. The molecule has 3 saturated heterocycles. The molecule has 0 N–H and O–H groups in total. The van der Waals surface area contributed by atoms with Crippen molar-refractivity contribution in [3.63, 3.8) is 0 Å². The third-order valence-electron chi connectivity index (χ3n) is 5.99. The van der Waals surface area contributed by atoms with E-state index < -0.39 is 5.82 Å². The van der Waals surface area contributed by atoms with E-state index in [9.17, 15) is 9.18 Å². The van der Waals surface area contributed by atoms with Crippen molar-refractivity contribution in [2.45, 2.75) is 31.0 Å². The molecule has 1 aromatic rings. The SMILES string of the molecule is CN(C)C[C@H]1[C@@H]2CC[C@@]3(CN(C(=O)Cc4cc(F)cc(Cl)c4)C[C@@H]13)O2. The molecular weight excluding hydrogens is 343 g/mol. The van der Waals surface area contributed by atoms with E-state index in [0.29, 0.717) is 35.1 Å². The van der Waals surface area contributed by atoms with Gasteiger partial charge in [-0.15, -0.1) is 0 Å². The van der Waals surface area contributed by atoms with Crippen LogP contribution in [-0.2, 0) is 16.0 Å². The van der Waals surface area contributed by atoms with Crippen LogP contribution in [0.4, 0.5) is 4.39 Å². The molecule has 3 aliphatic heterocycles. The van der Waals surface area contributed by atoms with Gasteiger partial charge in [-0.1, -0.05) is 11.6 Å². The zero-order valence-corrected chi connectivity index (χ0v) is 15.4. The number of hydrogen-bond acceptors (Lipinski definition) is 3. The van der Waals surface area contributed by atoms with Crippen molar-refractivity contribution in [1.29, 1.82) is 0 Å². The molecule has 1 spiro atoms. The number of amides is 1. The van der Waals surface area contributed by atoms with Gasteiger partial charge >= 0.3 is 0 Å². The predicted molar refractivity (Wildman–Crippen MR) is 94.1 cm³/mol. The molecule has 0 aliphatic carbocycles. The van der Waals surface area contributed by atoms with Gasteiger partial charge in [0.1, 0.15) is 5.82 Å². The highest BCUT2D eigenvalue weighted by atomic mass is 35.5. The summed E-state index contributed by atoms with van der Waals surface area (Å²) < 4.78 is 19.9. The highest BCUT2D eigenvalue weighted by Crippen LogP contribution is 2.54. The largest absolute Gasteiger partial charge is 0.369 e. The highest BCUT2D eigenvalue weighted by molar-refractivity contribution is 6.30. The Labute approximate surface area is 152 Å². The molecule has 3 aliphatic rings. The molecule has 4 nitrogen and oxygen atoms in total. The van der Waals surface area contributed by atoms with Gasteiger partial charge in [0, 0.05) is 29.9 Å². The third-order valence-corrected chi connectivity index (χ3v) is 6.21. The monoisotopic (exact) mass is 366 g/mol. The van der Waals surface area contributed by atoms with E-state index in [0.717, 1.165) is 25.9 Å². The molecule has 136 valence electrons. The Morgan fingerprint density at radius 2 is 2.24 bits per heavy atom. The molecule has 3 fully saturated rings. The van der Waals surface area contributed by atoms with Crippen molar-refractivity contribution >= 4 is 17.5 Å². The van der Waals surface area contributed by atoms with Gasteiger partial charge in [0.05, 0.1) is 24.7 Å². The van der Waals surface area contributed by atoms with Gasteiger partial charge in [-0.3, -0.25) is 4.79 Å². The first kappa shape index (κ1) is 17.3. The van der Waals surface area contributed by atoms with Crippen molar-refractivity contribution < 1.29 is 13.9 Å². The van der Waals surface area contributed by atoms with Crippen molar-refractivity contribution in [2.24, 2.45) is 11.8 Å². The van der Waals surface area contributed by atoms with Gasteiger partial charge in [-0.2, -0.15) is 0 Å². The fourth-order valence-electron chi connectivity index (χ4n) is 5.05. The van der Waals surface area contributed by atoms with Crippen LogP contribution in [0, 0.1) is 17.7 Å². The average molecular weight is 367 g/mol. The predicted octanol–water partition coefficient (Wildman–Crippen LogP) is 2.59. The van der Waals surface area contributed by atoms with Crippen molar-refractivity contribution in [1.82, 2.24) is 9.80 Å². The Morgan fingerprint density at radius 1 is 1.44 bits per heavy atom. The Balaban J connectivity index is 1.47. The van der Waals surface area contributed by atoms with Gasteiger partial charge in [-0.25, -0.2) is 4.39 Å². The number of halogens is 2. The molecule has 1 aromatic carbocycles. The second-order valence-corrected chi connectivity index (χ2v) is 8.46. The van der Waals surface area contributed by atoms with Crippen molar-refractivity contribution in [2.75, 3.05) is 33.7 Å². The first-order valence-corrected chi connectivity index (χ1v) is 9.29. The maximum Gasteiger partial charge on any atom is 0.227 e. The van der Waals surface area contributed by atoms with Gasteiger partial charge in [0.2, 0.25) is 5.91 Å². The van der Waals surface area contributed by atoms with E-state index in [1.165, 1.54) is 12.1 Å². The number of rotatable bonds is 4. The molecule has 2 bridgehead atoms. The molecule has 0 unspecified atom stereocenters. The Kier molecular flexibility index (Phi) is 4.29.